The van der Waals surface area contributed by atoms with Crippen LogP contribution in [0.15, 0.2) is 12.1 Å². The SMILES string of the molecule is Cc1cc2c(cc1N(C)CC(C)(C)C#N)OCO2. The van der Waals surface area contributed by atoms with Crippen molar-refractivity contribution >= 4 is 5.69 Å². The third-order valence-electron chi connectivity index (χ3n) is 3.04. The number of rotatable bonds is 3. The molecular weight excluding hydrogens is 228 g/mol. The second-order valence-electron chi connectivity index (χ2n) is 5.34. The molecule has 4 heteroatoms. The molecule has 0 fully saturated rings. The topological polar surface area (TPSA) is 45.5 Å². The van der Waals surface area contributed by atoms with Gasteiger partial charge in [0.1, 0.15) is 0 Å². The summed E-state index contributed by atoms with van der Waals surface area (Å²) in [5, 5.41) is 9.09. The number of ether oxygens (including phenoxy) is 2. The number of benzene rings is 1. The van der Waals surface area contributed by atoms with E-state index in [-0.39, 0.29) is 12.2 Å². The minimum absolute atomic E-state index is 0.283. The van der Waals surface area contributed by atoms with Crippen LogP contribution >= 0.6 is 0 Å². The Morgan fingerprint density at radius 3 is 2.56 bits per heavy atom. The quantitative estimate of drug-likeness (QED) is 0.822. The monoisotopic (exact) mass is 246 g/mol. The first kappa shape index (κ1) is 12.6. The molecule has 4 nitrogen and oxygen atoms in total. The summed E-state index contributed by atoms with van der Waals surface area (Å²) in [4.78, 5) is 2.08. The van der Waals surface area contributed by atoms with Crippen LogP contribution in [0.3, 0.4) is 0 Å². The van der Waals surface area contributed by atoms with E-state index in [4.69, 9.17) is 14.7 Å². The number of anilines is 1. The summed E-state index contributed by atoms with van der Waals surface area (Å²) in [6.07, 6.45) is 0. The molecule has 0 N–H and O–H groups in total. The Balaban J connectivity index is 2.26. The number of hydrogen-bond donors (Lipinski definition) is 0. The predicted molar refractivity (Wildman–Crippen MR) is 70.0 cm³/mol. The highest BCUT2D eigenvalue weighted by atomic mass is 16.7. The average molecular weight is 246 g/mol. The van der Waals surface area contributed by atoms with Crippen molar-refractivity contribution in [1.82, 2.24) is 0 Å². The second-order valence-corrected chi connectivity index (χ2v) is 5.34. The Labute approximate surface area is 108 Å². The van der Waals surface area contributed by atoms with Crippen LogP contribution in [0.2, 0.25) is 0 Å². The predicted octanol–water partition coefficient (Wildman–Crippen LogP) is 2.71. The normalized spacial score (nSPS) is 13.3. The Hall–Kier alpha value is -1.89. The molecule has 1 heterocycles. The number of nitrogens with zero attached hydrogens (tertiary/aromatic N) is 2. The van der Waals surface area contributed by atoms with Crippen molar-refractivity contribution in [3.8, 4) is 17.6 Å². The largest absolute Gasteiger partial charge is 0.454 e. The molecule has 0 saturated heterocycles. The van der Waals surface area contributed by atoms with Gasteiger partial charge in [-0.05, 0) is 32.4 Å². The summed E-state index contributed by atoms with van der Waals surface area (Å²) < 4.78 is 10.7. The van der Waals surface area contributed by atoms with E-state index in [1.165, 1.54) is 0 Å². The van der Waals surface area contributed by atoms with Crippen molar-refractivity contribution in [1.29, 1.82) is 5.26 Å². The van der Waals surface area contributed by atoms with Crippen molar-refractivity contribution in [2.75, 3.05) is 25.3 Å². The molecule has 0 atom stereocenters. The van der Waals surface area contributed by atoms with Crippen LogP contribution in [0.1, 0.15) is 19.4 Å². The van der Waals surface area contributed by atoms with Crippen LogP contribution in [0, 0.1) is 23.7 Å². The molecular formula is C14H18N2O2. The Kier molecular flexibility index (Phi) is 3.08. The lowest BCUT2D eigenvalue weighted by atomic mass is 9.95. The van der Waals surface area contributed by atoms with E-state index in [0.29, 0.717) is 6.54 Å². The Bertz CT molecular complexity index is 503. The van der Waals surface area contributed by atoms with Crippen LogP contribution in [0.25, 0.3) is 0 Å². The van der Waals surface area contributed by atoms with E-state index in [0.717, 1.165) is 22.7 Å². The van der Waals surface area contributed by atoms with E-state index in [1.54, 1.807) is 0 Å². The first-order valence-corrected chi connectivity index (χ1v) is 5.95. The highest BCUT2D eigenvalue weighted by Gasteiger charge is 2.22. The van der Waals surface area contributed by atoms with Gasteiger partial charge in [0.2, 0.25) is 6.79 Å². The highest BCUT2D eigenvalue weighted by Crippen LogP contribution is 2.38. The van der Waals surface area contributed by atoms with Crippen molar-refractivity contribution < 1.29 is 9.47 Å². The molecule has 0 unspecified atom stereocenters. The molecule has 1 aliphatic rings. The molecule has 2 rings (SSSR count). The molecule has 0 radical (unpaired) electrons. The lowest BCUT2D eigenvalue weighted by molar-refractivity contribution is 0.174. The van der Waals surface area contributed by atoms with Gasteiger partial charge in [-0.1, -0.05) is 0 Å². The third-order valence-corrected chi connectivity index (χ3v) is 3.04. The van der Waals surface area contributed by atoms with E-state index >= 15 is 0 Å². The summed E-state index contributed by atoms with van der Waals surface area (Å²) in [5.74, 6) is 1.57. The van der Waals surface area contributed by atoms with Gasteiger partial charge in [-0.3, -0.25) is 0 Å². The van der Waals surface area contributed by atoms with Gasteiger partial charge in [0, 0.05) is 25.3 Å². The Morgan fingerprint density at radius 1 is 1.33 bits per heavy atom. The fourth-order valence-electron chi connectivity index (χ4n) is 2.16. The summed E-state index contributed by atoms with van der Waals surface area (Å²) in [6.45, 7) is 6.86. The van der Waals surface area contributed by atoms with Crippen LogP contribution in [0.4, 0.5) is 5.69 Å². The van der Waals surface area contributed by atoms with Crippen molar-refractivity contribution in [3.05, 3.63) is 17.7 Å². The lowest BCUT2D eigenvalue weighted by Gasteiger charge is -2.27. The zero-order valence-electron chi connectivity index (χ0n) is 11.3. The molecule has 96 valence electrons. The summed E-state index contributed by atoms with van der Waals surface area (Å²) in [5.41, 5.74) is 1.82. The molecule has 1 aromatic carbocycles. The van der Waals surface area contributed by atoms with E-state index in [9.17, 15) is 0 Å². The van der Waals surface area contributed by atoms with Gasteiger partial charge < -0.3 is 14.4 Å². The minimum atomic E-state index is -0.377. The number of aryl methyl sites for hydroxylation is 1. The average Bonchev–Trinajstić information content (AvgIpc) is 2.74. The van der Waals surface area contributed by atoms with Crippen LogP contribution in [-0.2, 0) is 0 Å². The zero-order valence-corrected chi connectivity index (χ0v) is 11.3. The number of fused-ring (bicyclic) bond motifs is 1. The number of nitriles is 1. The smallest absolute Gasteiger partial charge is 0.231 e. The van der Waals surface area contributed by atoms with Gasteiger partial charge in [0.05, 0.1) is 11.5 Å². The standard InChI is InChI=1S/C14H18N2O2/c1-10-5-12-13(18-9-17-12)6-11(10)16(4)8-14(2,3)7-15/h5-6H,8-9H2,1-4H3. The van der Waals surface area contributed by atoms with Gasteiger partial charge >= 0.3 is 0 Å². The second kappa shape index (κ2) is 4.41. The highest BCUT2D eigenvalue weighted by molar-refractivity contribution is 5.62. The summed E-state index contributed by atoms with van der Waals surface area (Å²) in [7, 11) is 1.99. The van der Waals surface area contributed by atoms with Crippen molar-refractivity contribution in [3.63, 3.8) is 0 Å². The maximum Gasteiger partial charge on any atom is 0.231 e. The Morgan fingerprint density at radius 2 is 1.94 bits per heavy atom. The fourth-order valence-corrected chi connectivity index (χ4v) is 2.16. The lowest BCUT2D eigenvalue weighted by Crippen LogP contribution is -2.30. The van der Waals surface area contributed by atoms with Crippen molar-refractivity contribution in [2.45, 2.75) is 20.8 Å². The van der Waals surface area contributed by atoms with Gasteiger partial charge in [0.15, 0.2) is 11.5 Å². The molecule has 0 bridgehead atoms. The summed E-state index contributed by atoms with van der Waals surface area (Å²) >= 11 is 0. The van der Waals surface area contributed by atoms with Gasteiger partial charge in [-0.25, -0.2) is 0 Å². The van der Waals surface area contributed by atoms with Crippen LogP contribution in [0.5, 0.6) is 11.5 Å². The first-order chi connectivity index (χ1) is 8.43. The molecule has 0 amide bonds. The zero-order chi connectivity index (χ0) is 13.3. The van der Waals surface area contributed by atoms with E-state index in [1.807, 2.05) is 40.0 Å². The third kappa shape index (κ3) is 2.35. The van der Waals surface area contributed by atoms with Gasteiger partial charge in [0.25, 0.3) is 0 Å². The molecule has 1 aliphatic heterocycles. The molecule has 18 heavy (non-hydrogen) atoms. The maximum absolute atomic E-state index is 9.09. The van der Waals surface area contributed by atoms with E-state index in [2.05, 4.69) is 11.0 Å². The molecule has 0 saturated carbocycles. The maximum atomic E-state index is 9.09. The molecule has 0 spiro atoms. The van der Waals surface area contributed by atoms with Gasteiger partial charge in [-0.2, -0.15) is 5.26 Å². The van der Waals surface area contributed by atoms with Crippen LogP contribution in [-0.4, -0.2) is 20.4 Å². The molecule has 1 aromatic rings. The van der Waals surface area contributed by atoms with Crippen molar-refractivity contribution in [2.24, 2.45) is 5.41 Å². The van der Waals surface area contributed by atoms with E-state index < -0.39 is 0 Å². The molecule has 0 aromatic heterocycles. The summed E-state index contributed by atoms with van der Waals surface area (Å²) in [6, 6.07) is 6.27. The fraction of sp³-hybridized carbons (Fsp3) is 0.500. The first-order valence-electron chi connectivity index (χ1n) is 5.95. The van der Waals surface area contributed by atoms with Gasteiger partial charge in [-0.15, -0.1) is 0 Å². The molecule has 0 aliphatic carbocycles. The minimum Gasteiger partial charge on any atom is -0.454 e. The number of hydrogen-bond acceptors (Lipinski definition) is 4. The van der Waals surface area contributed by atoms with Crippen LogP contribution < -0.4 is 14.4 Å².